The summed E-state index contributed by atoms with van der Waals surface area (Å²) in [5.41, 5.74) is 2.06. The molecule has 8 heteroatoms. The summed E-state index contributed by atoms with van der Waals surface area (Å²) in [5, 5.41) is 3.23. The third-order valence-electron chi connectivity index (χ3n) is 7.79. The Morgan fingerprint density at radius 2 is 1.65 bits per heavy atom. The highest BCUT2D eigenvalue weighted by Crippen LogP contribution is 2.42. The fourth-order valence-corrected chi connectivity index (χ4v) is 5.60. The molecule has 37 heavy (non-hydrogen) atoms. The van der Waals surface area contributed by atoms with Crippen molar-refractivity contribution in [3.63, 3.8) is 0 Å². The Labute approximate surface area is 235 Å². The topological polar surface area (TPSA) is 61.9 Å². The van der Waals surface area contributed by atoms with Crippen LogP contribution in [-0.4, -0.2) is 54.9 Å². The average molecular weight is 593 g/mol. The maximum absolute atomic E-state index is 13.4. The van der Waals surface area contributed by atoms with E-state index in [2.05, 4.69) is 38.3 Å². The van der Waals surface area contributed by atoms with Gasteiger partial charge in [-0.15, -0.1) is 12.4 Å². The van der Waals surface area contributed by atoms with Crippen LogP contribution < -0.4 is 10.1 Å². The molecule has 2 aromatic rings. The Hall–Kier alpha value is -2.09. The molecule has 2 aliphatic rings. The van der Waals surface area contributed by atoms with Crippen LogP contribution in [0.5, 0.6) is 5.75 Å². The fraction of sp³-hybridized carbons (Fsp3) is 0.517. The minimum absolute atomic E-state index is 0. The Morgan fingerprint density at radius 1 is 1.03 bits per heavy atom. The number of carbonyl (C=O) groups is 2. The molecular weight excluding hydrogens is 554 g/mol. The smallest absolute Gasteiger partial charge is 0.229 e. The highest BCUT2D eigenvalue weighted by molar-refractivity contribution is 9.10. The van der Waals surface area contributed by atoms with Crippen molar-refractivity contribution in [3.8, 4) is 5.75 Å². The standard InChI is InChI=1S/C29H38BrN3O3.ClH/c1-21(2)27(34)31-26(23-6-10-25(36-3)11-7-23)12-16-32-17-13-29(14-18-32)15-19-33(28(29)35)20-22-4-8-24(30)9-5-22;/h4-11,21,26H,12-20H2,1-3H3,(H,31,34);1H. The third-order valence-corrected chi connectivity index (χ3v) is 8.32. The van der Waals surface area contributed by atoms with Crippen LogP contribution in [0.25, 0.3) is 0 Å². The number of piperidine rings is 1. The first kappa shape index (κ1) is 29.5. The zero-order valence-corrected chi connectivity index (χ0v) is 24.4. The predicted molar refractivity (Wildman–Crippen MR) is 153 cm³/mol. The molecule has 2 fully saturated rings. The Balaban J connectivity index is 0.00000380. The first-order chi connectivity index (χ1) is 17.3. The van der Waals surface area contributed by atoms with Gasteiger partial charge >= 0.3 is 0 Å². The second-order valence-corrected chi connectivity index (χ2v) is 11.4. The van der Waals surface area contributed by atoms with Crippen LogP contribution in [0, 0.1) is 11.3 Å². The molecule has 4 rings (SSSR count). The van der Waals surface area contributed by atoms with Crippen molar-refractivity contribution in [2.24, 2.45) is 11.3 Å². The minimum atomic E-state index is -0.201. The molecule has 1 spiro atoms. The van der Waals surface area contributed by atoms with Gasteiger partial charge in [-0.25, -0.2) is 0 Å². The van der Waals surface area contributed by atoms with E-state index in [9.17, 15) is 9.59 Å². The number of likely N-dealkylation sites (tertiary alicyclic amines) is 2. The zero-order valence-electron chi connectivity index (χ0n) is 22.0. The van der Waals surface area contributed by atoms with Crippen molar-refractivity contribution >= 4 is 40.2 Å². The third kappa shape index (κ3) is 7.27. The molecule has 1 atom stereocenters. The lowest BCUT2D eigenvalue weighted by Gasteiger charge is -2.38. The molecule has 0 radical (unpaired) electrons. The van der Waals surface area contributed by atoms with Gasteiger partial charge < -0.3 is 19.9 Å². The van der Waals surface area contributed by atoms with E-state index in [1.54, 1.807) is 7.11 Å². The zero-order chi connectivity index (χ0) is 25.7. The maximum Gasteiger partial charge on any atom is 0.229 e. The van der Waals surface area contributed by atoms with E-state index < -0.39 is 0 Å². The van der Waals surface area contributed by atoms with Crippen molar-refractivity contribution in [2.45, 2.75) is 52.1 Å². The van der Waals surface area contributed by atoms with Gasteiger partial charge in [-0.3, -0.25) is 9.59 Å². The molecule has 0 saturated carbocycles. The molecule has 2 aromatic carbocycles. The number of halogens is 2. The number of hydrogen-bond donors (Lipinski definition) is 1. The van der Waals surface area contributed by atoms with Crippen molar-refractivity contribution in [2.75, 3.05) is 33.3 Å². The number of ether oxygens (including phenoxy) is 1. The van der Waals surface area contributed by atoms with Crippen LogP contribution in [0.15, 0.2) is 53.0 Å². The molecule has 1 unspecified atom stereocenters. The largest absolute Gasteiger partial charge is 0.497 e. The number of methoxy groups -OCH3 is 1. The van der Waals surface area contributed by atoms with Crippen LogP contribution in [0.1, 0.15) is 56.7 Å². The summed E-state index contributed by atoms with van der Waals surface area (Å²) in [6.07, 6.45) is 3.61. The highest BCUT2D eigenvalue weighted by Gasteiger charge is 2.47. The second-order valence-electron chi connectivity index (χ2n) is 10.5. The molecule has 6 nitrogen and oxygen atoms in total. The van der Waals surface area contributed by atoms with Gasteiger partial charge in [0.2, 0.25) is 11.8 Å². The Bertz CT molecular complexity index is 1040. The molecule has 0 aromatic heterocycles. The molecule has 202 valence electrons. The monoisotopic (exact) mass is 591 g/mol. The molecule has 1 N–H and O–H groups in total. The van der Waals surface area contributed by atoms with Gasteiger partial charge in [-0.1, -0.05) is 54.0 Å². The van der Waals surface area contributed by atoms with Gasteiger partial charge in [-0.05, 0) is 74.2 Å². The van der Waals surface area contributed by atoms with Gasteiger partial charge in [0.05, 0.1) is 18.6 Å². The number of rotatable bonds is 9. The number of carbonyl (C=O) groups excluding carboxylic acids is 2. The lowest BCUT2D eigenvalue weighted by Crippen LogP contribution is -2.45. The number of amides is 2. The molecule has 0 aliphatic carbocycles. The molecule has 0 bridgehead atoms. The van der Waals surface area contributed by atoms with Crippen LogP contribution in [0.2, 0.25) is 0 Å². The molecule has 2 saturated heterocycles. The van der Waals surface area contributed by atoms with Crippen molar-refractivity contribution in [1.82, 2.24) is 15.1 Å². The highest BCUT2D eigenvalue weighted by atomic mass is 79.9. The number of hydrogen-bond acceptors (Lipinski definition) is 4. The van der Waals surface area contributed by atoms with E-state index >= 15 is 0 Å². The summed E-state index contributed by atoms with van der Waals surface area (Å²) in [7, 11) is 1.66. The van der Waals surface area contributed by atoms with Gasteiger partial charge in [0, 0.05) is 30.0 Å². The summed E-state index contributed by atoms with van der Waals surface area (Å²) >= 11 is 3.48. The van der Waals surface area contributed by atoms with E-state index in [0.717, 1.165) is 67.6 Å². The summed E-state index contributed by atoms with van der Waals surface area (Å²) in [6, 6.07) is 16.2. The summed E-state index contributed by atoms with van der Waals surface area (Å²) in [6.45, 7) is 8.11. The normalized spacial score (nSPS) is 18.1. The lowest BCUT2D eigenvalue weighted by molar-refractivity contribution is -0.139. The summed E-state index contributed by atoms with van der Waals surface area (Å²) < 4.78 is 6.35. The van der Waals surface area contributed by atoms with E-state index in [0.29, 0.717) is 12.5 Å². The predicted octanol–water partition coefficient (Wildman–Crippen LogP) is 5.60. The van der Waals surface area contributed by atoms with E-state index in [-0.39, 0.29) is 35.7 Å². The van der Waals surface area contributed by atoms with Crippen molar-refractivity contribution in [3.05, 3.63) is 64.1 Å². The van der Waals surface area contributed by atoms with Crippen LogP contribution in [0.4, 0.5) is 0 Å². The van der Waals surface area contributed by atoms with Crippen LogP contribution >= 0.6 is 28.3 Å². The van der Waals surface area contributed by atoms with E-state index in [4.69, 9.17) is 4.74 Å². The van der Waals surface area contributed by atoms with Gasteiger partial charge in [-0.2, -0.15) is 0 Å². The van der Waals surface area contributed by atoms with E-state index in [1.165, 1.54) is 5.56 Å². The van der Waals surface area contributed by atoms with E-state index in [1.807, 2.05) is 55.1 Å². The number of nitrogens with zero attached hydrogens (tertiary/aromatic N) is 2. The number of nitrogens with one attached hydrogen (secondary N) is 1. The summed E-state index contributed by atoms with van der Waals surface area (Å²) in [5.74, 6) is 1.14. The first-order valence-corrected chi connectivity index (χ1v) is 13.8. The molecule has 2 heterocycles. The molecule has 2 aliphatic heterocycles. The first-order valence-electron chi connectivity index (χ1n) is 13.0. The van der Waals surface area contributed by atoms with Gasteiger partial charge in [0.25, 0.3) is 0 Å². The Morgan fingerprint density at radius 3 is 2.24 bits per heavy atom. The maximum atomic E-state index is 13.4. The van der Waals surface area contributed by atoms with Crippen molar-refractivity contribution < 1.29 is 14.3 Å². The van der Waals surface area contributed by atoms with Gasteiger partial charge in [0.1, 0.15) is 5.75 Å². The average Bonchev–Trinajstić information content (AvgIpc) is 3.18. The second kappa shape index (κ2) is 13.1. The summed E-state index contributed by atoms with van der Waals surface area (Å²) in [4.78, 5) is 30.4. The minimum Gasteiger partial charge on any atom is -0.497 e. The molecule has 2 amide bonds. The lowest BCUT2D eigenvalue weighted by atomic mass is 9.77. The Kier molecular flexibility index (Phi) is 10.4. The quantitative estimate of drug-likeness (QED) is 0.412. The van der Waals surface area contributed by atoms with Gasteiger partial charge in [0.15, 0.2) is 0 Å². The molecular formula is C29H39BrClN3O3. The van der Waals surface area contributed by atoms with Crippen molar-refractivity contribution in [1.29, 1.82) is 0 Å². The van der Waals surface area contributed by atoms with Crippen LogP contribution in [-0.2, 0) is 16.1 Å². The number of benzene rings is 2. The SMILES string of the molecule is COc1ccc(C(CCN2CCC3(CC2)CCN(Cc2ccc(Br)cc2)C3=O)NC(=O)C(C)C)cc1.Cl. The fourth-order valence-electron chi connectivity index (χ4n) is 5.33. The van der Waals surface area contributed by atoms with Crippen LogP contribution in [0.3, 0.4) is 0 Å².